The summed E-state index contributed by atoms with van der Waals surface area (Å²) in [5.41, 5.74) is -0.310. The minimum Gasteiger partial charge on any atom is -0.486 e. The van der Waals surface area contributed by atoms with Crippen molar-refractivity contribution in [2.75, 3.05) is 18.5 Å². The molecule has 10 heteroatoms. The van der Waals surface area contributed by atoms with Gasteiger partial charge >= 0.3 is 12.2 Å². The molecule has 1 fully saturated rings. The number of amides is 3. The quantitative estimate of drug-likeness (QED) is 0.763. The van der Waals surface area contributed by atoms with Crippen LogP contribution in [0.3, 0.4) is 0 Å². The molecular formula is C17H15F3N4O3. The van der Waals surface area contributed by atoms with E-state index in [9.17, 15) is 22.8 Å². The zero-order valence-electron chi connectivity index (χ0n) is 14.4. The van der Waals surface area contributed by atoms with Gasteiger partial charge in [0.1, 0.15) is 13.2 Å². The van der Waals surface area contributed by atoms with Gasteiger partial charge in [0, 0.05) is 12.6 Å². The fourth-order valence-electron chi connectivity index (χ4n) is 2.63. The third-order valence-corrected chi connectivity index (χ3v) is 4.05. The molecule has 3 rings (SSSR count). The Morgan fingerprint density at radius 1 is 1.19 bits per heavy atom. The van der Waals surface area contributed by atoms with Crippen LogP contribution in [0.4, 0.5) is 23.9 Å². The third-order valence-electron chi connectivity index (χ3n) is 4.05. The number of nitrogens with zero attached hydrogens (tertiary/aromatic N) is 4. The maximum atomic E-state index is 13.1. The molecule has 0 aliphatic carbocycles. The van der Waals surface area contributed by atoms with Gasteiger partial charge in [-0.15, -0.1) is 0 Å². The molecular weight excluding hydrogens is 365 g/mol. The van der Waals surface area contributed by atoms with Crippen LogP contribution in [0.5, 0.6) is 5.75 Å². The van der Waals surface area contributed by atoms with Crippen LogP contribution in [0.2, 0.25) is 0 Å². The van der Waals surface area contributed by atoms with Crippen LogP contribution in [0.1, 0.15) is 16.7 Å². The molecule has 0 saturated carbocycles. The van der Waals surface area contributed by atoms with Crippen LogP contribution in [0.15, 0.2) is 30.6 Å². The third kappa shape index (κ3) is 3.69. The first-order chi connectivity index (χ1) is 12.7. The fraction of sp³-hybridized carbons (Fsp3) is 0.294. The molecule has 1 saturated heterocycles. The Kier molecular flexibility index (Phi) is 4.73. The SMILES string of the molecule is Cc1cccc(C(F)(F)F)c1COc1cnc(N2C(=O)CN(C)C2=O)nc1. The number of hydrogen-bond donors (Lipinski definition) is 0. The summed E-state index contributed by atoms with van der Waals surface area (Å²) in [7, 11) is 1.47. The van der Waals surface area contributed by atoms with Crippen molar-refractivity contribution < 1.29 is 27.5 Å². The van der Waals surface area contributed by atoms with Gasteiger partial charge < -0.3 is 9.64 Å². The molecule has 1 aliphatic rings. The molecule has 2 aromatic rings. The second kappa shape index (κ2) is 6.86. The van der Waals surface area contributed by atoms with Crippen molar-refractivity contribution in [3.63, 3.8) is 0 Å². The van der Waals surface area contributed by atoms with Gasteiger partial charge in [-0.25, -0.2) is 14.8 Å². The molecule has 142 valence electrons. The number of hydrogen-bond acceptors (Lipinski definition) is 5. The predicted molar refractivity (Wildman–Crippen MR) is 88.1 cm³/mol. The first-order valence-corrected chi connectivity index (χ1v) is 7.87. The second-order valence-corrected chi connectivity index (χ2v) is 5.97. The van der Waals surface area contributed by atoms with Crippen LogP contribution in [-0.2, 0) is 17.6 Å². The van der Waals surface area contributed by atoms with E-state index in [4.69, 9.17) is 4.74 Å². The highest BCUT2D eigenvalue weighted by Gasteiger charge is 2.37. The Labute approximate surface area is 152 Å². The van der Waals surface area contributed by atoms with Crippen molar-refractivity contribution in [3.8, 4) is 5.75 Å². The van der Waals surface area contributed by atoms with Crippen molar-refractivity contribution in [3.05, 3.63) is 47.3 Å². The lowest BCUT2D eigenvalue weighted by Gasteiger charge is -2.16. The normalized spacial score (nSPS) is 14.9. The van der Waals surface area contributed by atoms with Crippen molar-refractivity contribution in [2.24, 2.45) is 0 Å². The first-order valence-electron chi connectivity index (χ1n) is 7.87. The number of carbonyl (C=O) groups excluding carboxylic acids is 2. The minimum absolute atomic E-state index is 0.0144. The average molecular weight is 380 g/mol. The van der Waals surface area contributed by atoms with E-state index in [1.54, 1.807) is 13.0 Å². The monoisotopic (exact) mass is 380 g/mol. The molecule has 7 nitrogen and oxygen atoms in total. The number of benzene rings is 1. The number of alkyl halides is 3. The lowest BCUT2D eigenvalue weighted by molar-refractivity contribution is -0.138. The number of rotatable bonds is 4. The van der Waals surface area contributed by atoms with E-state index in [1.807, 2.05) is 0 Å². The molecule has 3 amide bonds. The number of anilines is 1. The van der Waals surface area contributed by atoms with E-state index in [0.717, 1.165) is 11.0 Å². The number of imide groups is 1. The molecule has 2 heterocycles. The minimum atomic E-state index is -4.49. The molecule has 27 heavy (non-hydrogen) atoms. The molecule has 0 spiro atoms. The maximum absolute atomic E-state index is 13.1. The van der Waals surface area contributed by atoms with Gasteiger partial charge in [-0.1, -0.05) is 12.1 Å². The summed E-state index contributed by atoms with van der Waals surface area (Å²) in [5, 5.41) is 0. The molecule has 0 atom stereocenters. The molecule has 1 aromatic heterocycles. The van der Waals surface area contributed by atoms with Crippen molar-refractivity contribution in [2.45, 2.75) is 19.7 Å². The summed E-state index contributed by atoms with van der Waals surface area (Å²) in [6, 6.07) is 3.34. The second-order valence-electron chi connectivity index (χ2n) is 5.97. The van der Waals surface area contributed by atoms with Crippen LogP contribution in [0.25, 0.3) is 0 Å². The molecule has 1 aromatic carbocycles. The van der Waals surface area contributed by atoms with Gasteiger partial charge in [0.15, 0.2) is 5.75 Å². The van der Waals surface area contributed by atoms with Crippen molar-refractivity contribution in [1.29, 1.82) is 0 Å². The Bertz CT molecular complexity index is 884. The summed E-state index contributed by atoms with van der Waals surface area (Å²) in [6.07, 6.45) is -2.09. The Morgan fingerprint density at radius 2 is 1.85 bits per heavy atom. The Balaban J connectivity index is 1.76. The van der Waals surface area contributed by atoms with E-state index in [-0.39, 0.29) is 30.4 Å². The highest BCUT2D eigenvalue weighted by Crippen LogP contribution is 2.33. The van der Waals surface area contributed by atoms with Gasteiger partial charge in [0.05, 0.1) is 18.0 Å². The lowest BCUT2D eigenvalue weighted by atomic mass is 10.0. The standard InChI is InChI=1S/C17H15F3N4O3/c1-10-4-3-5-13(17(18,19)20)12(10)9-27-11-6-21-15(22-7-11)24-14(25)8-23(2)16(24)26/h3-7H,8-9H2,1-2H3. The summed E-state index contributed by atoms with van der Waals surface area (Å²) >= 11 is 0. The lowest BCUT2D eigenvalue weighted by Crippen LogP contribution is -2.32. The van der Waals surface area contributed by atoms with Crippen molar-refractivity contribution >= 4 is 17.9 Å². The summed E-state index contributed by atoms with van der Waals surface area (Å²) in [4.78, 5) is 33.5. The number of ether oxygens (including phenoxy) is 1. The zero-order valence-corrected chi connectivity index (χ0v) is 14.4. The van der Waals surface area contributed by atoms with Crippen molar-refractivity contribution in [1.82, 2.24) is 14.9 Å². The average Bonchev–Trinajstić information content (AvgIpc) is 2.85. The Hall–Kier alpha value is -3.17. The summed E-state index contributed by atoms with van der Waals surface area (Å²) in [5.74, 6) is -0.470. The highest BCUT2D eigenvalue weighted by molar-refractivity contribution is 6.18. The zero-order chi connectivity index (χ0) is 19.8. The Morgan fingerprint density at radius 3 is 2.41 bits per heavy atom. The molecule has 0 unspecified atom stereocenters. The topological polar surface area (TPSA) is 75.6 Å². The van der Waals surface area contributed by atoms with Gasteiger partial charge in [-0.2, -0.15) is 18.1 Å². The van der Waals surface area contributed by atoms with E-state index in [0.29, 0.717) is 5.56 Å². The van der Waals surface area contributed by atoms with Crippen LogP contribution >= 0.6 is 0 Å². The van der Waals surface area contributed by atoms with Gasteiger partial charge in [-0.05, 0) is 18.6 Å². The largest absolute Gasteiger partial charge is 0.486 e. The molecule has 1 aliphatic heterocycles. The number of aryl methyl sites for hydroxylation is 1. The predicted octanol–water partition coefficient (Wildman–Crippen LogP) is 2.78. The van der Waals surface area contributed by atoms with Gasteiger partial charge in [0.25, 0.3) is 5.91 Å². The van der Waals surface area contributed by atoms with E-state index in [1.165, 1.54) is 30.4 Å². The number of halogens is 3. The van der Waals surface area contributed by atoms with Crippen LogP contribution in [0, 0.1) is 6.92 Å². The molecule has 0 bridgehead atoms. The summed E-state index contributed by atoms with van der Waals surface area (Å²) in [6.45, 7) is 1.16. The smallest absolute Gasteiger partial charge is 0.416 e. The summed E-state index contributed by atoms with van der Waals surface area (Å²) < 4.78 is 44.8. The fourth-order valence-corrected chi connectivity index (χ4v) is 2.63. The maximum Gasteiger partial charge on any atom is 0.416 e. The van der Waals surface area contributed by atoms with Gasteiger partial charge in [-0.3, -0.25) is 4.79 Å². The number of carbonyl (C=O) groups is 2. The molecule has 0 N–H and O–H groups in total. The first kappa shape index (κ1) is 18.6. The van der Waals surface area contributed by atoms with Crippen LogP contribution in [-0.4, -0.2) is 40.4 Å². The number of aromatic nitrogens is 2. The van der Waals surface area contributed by atoms with Crippen LogP contribution < -0.4 is 9.64 Å². The van der Waals surface area contributed by atoms with E-state index in [2.05, 4.69) is 9.97 Å². The van der Waals surface area contributed by atoms with E-state index >= 15 is 0 Å². The highest BCUT2D eigenvalue weighted by atomic mass is 19.4. The number of urea groups is 1. The number of likely N-dealkylation sites (N-methyl/N-ethyl adjacent to an activating group) is 1. The molecule has 0 radical (unpaired) electrons. The van der Waals surface area contributed by atoms with E-state index < -0.39 is 23.7 Å². The van der Waals surface area contributed by atoms with Gasteiger partial charge in [0.2, 0.25) is 5.95 Å².